The number of nitrogens with zero attached hydrogens (tertiary/aromatic N) is 1. The van der Waals surface area contributed by atoms with E-state index in [4.69, 9.17) is 0 Å². The van der Waals surface area contributed by atoms with Crippen molar-refractivity contribution in [2.75, 3.05) is 4.31 Å². The van der Waals surface area contributed by atoms with Gasteiger partial charge >= 0.3 is 0 Å². The van der Waals surface area contributed by atoms with Gasteiger partial charge in [-0.1, -0.05) is 42.5 Å². The predicted octanol–water partition coefficient (Wildman–Crippen LogP) is 4.22. The molecule has 1 aliphatic rings. The number of hydrogen-bond acceptors (Lipinski definition) is 2. The van der Waals surface area contributed by atoms with Crippen LogP contribution in [0.15, 0.2) is 59.5 Å². The molecule has 0 spiro atoms. The summed E-state index contributed by atoms with van der Waals surface area (Å²) in [5, 5.41) is 0. The average molecular weight is 327 g/mol. The molecule has 0 aliphatic heterocycles. The lowest BCUT2D eigenvalue weighted by atomic mass is 9.98. The van der Waals surface area contributed by atoms with Crippen molar-refractivity contribution in [3.63, 3.8) is 0 Å². The summed E-state index contributed by atoms with van der Waals surface area (Å²) < 4.78 is 27.9. The van der Waals surface area contributed by atoms with Crippen molar-refractivity contribution in [1.82, 2.24) is 0 Å². The number of anilines is 1. The van der Waals surface area contributed by atoms with Gasteiger partial charge in [-0.05, 0) is 56.0 Å². The van der Waals surface area contributed by atoms with E-state index in [1.165, 1.54) is 9.87 Å². The Morgan fingerprint density at radius 2 is 1.57 bits per heavy atom. The first kappa shape index (κ1) is 15.8. The lowest BCUT2D eigenvalue weighted by Crippen LogP contribution is -2.38. The van der Waals surface area contributed by atoms with Crippen LogP contribution in [0.25, 0.3) is 6.08 Å². The van der Waals surface area contributed by atoms with Gasteiger partial charge in [-0.25, -0.2) is 8.42 Å². The van der Waals surface area contributed by atoms with Gasteiger partial charge in [0, 0.05) is 6.04 Å². The van der Waals surface area contributed by atoms with Crippen LogP contribution in [0.4, 0.5) is 5.69 Å². The quantitative estimate of drug-likeness (QED) is 0.843. The fraction of sp³-hybridized carbons (Fsp3) is 0.263. The molecule has 0 unspecified atom stereocenters. The summed E-state index contributed by atoms with van der Waals surface area (Å²) in [4.78, 5) is 0.494. The Kier molecular flexibility index (Phi) is 4.26. The van der Waals surface area contributed by atoms with Gasteiger partial charge in [0.2, 0.25) is 0 Å². The lowest BCUT2D eigenvalue weighted by molar-refractivity contribution is 0.588. The third kappa shape index (κ3) is 3.04. The molecule has 2 aromatic rings. The Labute approximate surface area is 138 Å². The van der Waals surface area contributed by atoms with E-state index in [0.29, 0.717) is 17.0 Å². The van der Waals surface area contributed by atoms with Crippen molar-refractivity contribution in [3.8, 4) is 0 Å². The van der Waals surface area contributed by atoms with Crippen LogP contribution in [0.1, 0.15) is 31.4 Å². The van der Waals surface area contributed by atoms with E-state index in [-0.39, 0.29) is 6.04 Å². The largest absolute Gasteiger partial charge is 0.264 e. The summed E-state index contributed by atoms with van der Waals surface area (Å²) in [6.07, 6.45) is 3.14. The van der Waals surface area contributed by atoms with Gasteiger partial charge in [0.25, 0.3) is 10.0 Å². The molecule has 0 saturated heterocycles. The van der Waals surface area contributed by atoms with E-state index in [2.05, 4.69) is 6.07 Å². The molecule has 0 bridgehead atoms. The third-order valence-corrected chi connectivity index (χ3v) is 6.22. The Balaban J connectivity index is 2.05. The summed E-state index contributed by atoms with van der Waals surface area (Å²) >= 11 is 0. The van der Waals surface area contributed by atoms with Crippen molar-refractivity contribution >= 4 is 21.8 Å². The van der Waals surface area contributed by atoms with Crippen LogP contribution in [-0.2, 0) is 16.4 Å². The minimum atomic E-state index is -3.52. The number of benzene rings is 2. The summed E-state index contributed by atoms with van der Waals surface area (Å²) in [6.45, 7) is 3.81. The maximum Gasteiger partial charge on any atom is 0.260 e. The molecular weight excluding hydrogens is 306 g/mol. The standard InChI is InChI=1S/C19H21NO2S/c1-15(2)20(18-10-4-3-5-11-18)23(21,22)19-13-12-16-8-6-7-9-17(16)14-19/h3-11,14-15H,12-13H2,1-2H3. The number of fused-ring (bicyclic) bond motifs is 1. The van der Waals surface area contributed by atoms with E-state index in [9.17, 15) is 8.42 Å². The highest BCUT2D eigenvalue weighted by Crippen LogP contribution is 2.32. The third-order valence-electron chi connectivity index (χ3n) is 4.08. The first-order chi connectivity index (χ1) is 11.0. The van der Waals surface area contributed by atoms with Gasteiger partial charge < -0.3 is 0 Å². The molecular formula is C19H21NO2S. The summed E-state index contributed by atoms with van der Waals surface area (Å²) in [5.41, 5.74) is 2.93. The van der Waals surface area contributed by atoms with Gasteiger partial charge in [0.1, 0.15) is 0 Å². The molecule has 1 aliphatic carbocycles. The Morgan fingerprint density at radius 1 is 0.913 bits per heavy atom. The zero-order chi connectivity index (χ0) is 16.4. The molecule has 2 aromatic carbocycles. The number of hydrogen-bond donors (Lipinski definition) is 0. The maximum atomic E-state index is 13.2. The molecule has 0 N–H and O–H groups in total. The first-order valence-corrected chi connectivity index (χ1v) is 9.32. The monoisotopic (exact) mass is 327 g/mol. The molecule has 0 radical (unpaired) electrons. The topological polar surface area (TPSA) is 37.4 Å². The molecule has 0 aromatic heterocycles. The zero-order valence-corrected chi connectivity index (χ0v) is 14.3. The molecule has 0 fully saturated rings. The van der Waals surface area contributed by atoms with Gasteiger partial charge in [0.05, 0.1) is 10.6 Å². The molecule has 0 saturated carbocycles. The number of sulfonamides is 1. The molecule has 0 atom stereocenters. The molecule has 0 amide bonds. The minimum absolute atomic E-state index is 0.138. The summed E-state index contributed by atoms with van der Waals surface area (Å²) in [6, 6.07) is 17.2. The normalized spacial score (nSPS) is 14.3. The molecule has 120 valence electrons. The maximum absolute atomic E-state index is 13.2. The van der Waals surface area contributed by atoms with Crippen molar-refractivity contribution in [1.29, 1.82) is 0 Å². The van der Waals surface area contributed by atoms with Crippen LogP contribution >= 0.6 is 0 Å². The lowest BCUT2D eigenvalue weighted by Gasteiger charge is -2.30. The average Bonchev–Trinajstić information content (AvgIpc) is 2.55. The van der Waals surface area contributed by atoms with Crippen LogP contribution in [0.5, 0.6) is 0 Å². The summed E-state index contributed by atoms with van der Waals surface area (Å²) in [7, 11) is -3.52. The summed E-state index contributed by atoms with van der Waals surface area (Å²) in [5.74, 6) is 0. The number of aryl methyl sites for hydroxylation is 1. The van der Waals surface area contributed by atoms with Crippen LogP contribution in [0, 0.1) is 0 Å². The minimum Gasteiger partial charge on any atom is -0.264 e. The number of para-hydroxylation sites is 1. The van der Waals surface area contributed by atoms with Gasteiger partial charge in [-0.3, -0.25) is 4.31 Å². The van der Waals surface area contributed by atoms with E-state index < -0.39 is 10.0 Å². The number of allylic oxidation sites excluding steroid dienone is 1. The fourth-order valence-electron chi connectivity index (χ4n) is 3.03. The van der Waals surface area contributed by atoms with Gasteiger partial charge in [0.15, 0.2) is 0 Å². The first-order valence-electron chi connectivity index (χ1n) is 7.88. The molecule has 23 heavy (non-hydrogen) atoms. The van der Waals surface area contributed by atoms with E-state index in [1.54, 1.807) is 0 Å². The van der Waals surface area contributed by atoms with E-state index >= 15 is 0 Å². The second-order valence-electron chi connectivity index (χ2n) is 6.04. The smallest absolute Gasteiger partial charge is 0.260 e. The fourth-order valence-corrected chi connectivity index (χ4v) is 4.87. The highest BCUT2D eigenvalue weighted by Gasteiger charge is 2.30. The Hall–Kier alpha value is -2.07. The number of rotatable bonds is 4. The van der Waals surface area contributed by atoms with Crippen molar-refractivity contribution in [3.05, 3.63) is 70.6 Å². The SMILES string of the molecule is CC(C)N(c1ccccc1)S(=O)(=O)C1=Cc2ccccc2CC1. The van der Waals surface area contributed by atoms with Crippen LogP contribution in [0.2, 0.25) is 0 Å². The van der Waals surface area contributed by atoms with E-state index in [0.717, 1.165) is 12.0 Å². The Morgan fingerprint density at radius 3 is 2.26 bits per heavy atom. The zero-order valence-electron chi connectivity index (χ0n) is 13.4. The molecule has 3 nitrogen and oxygen atoms in total. The molecule has 4 heteroatoms. The van der Waals surface area contributed by atoms with Gasteiger partial charge in [-0.15, -0.1) is 0 Å². The Bertz CT molecular complexity index is 823. The second-order valence-corrected chi connectivity index (χ2v) is 7.91. The predicted molar refractivity (Wildman–Crippen MR) is 95.7 cm³/mol. The van der Waals surface area contributed by atoms with E-state index in [1.807, 2.05) is 68.5 Å². The highest BCUT2D eigenvalue weighted by atomic mass is 32.2. The van der Waals surface area contributed by atoms with Crippen molar-refractivity contribution in [2.45, 2.75) is 32.7 Å². The molecule has 3 rings (SSSR count). The van der Waals surface area contributed by atoms with Crippen LogP contribution in [0.3, 0.4) is 0 Å². The van der Waals surface area contributed by atoms with Crippen LogP contribution in [-0.4, -0.2) is 14.5 Å². The molecule has 0 heterocycles. The van der Waals surface area contributed by atoms with Gasteiger partial charge in [-0.2, -0.15) is 0 Å². The van der Waals surface area contributed by atoms with Crippen molar-refractivity contribution < 1.29 is 8.42 Å². The van der Waals surface area contributed by atoms with Crippen molar-refractivity contribution in [2.24, 2.45) is 0 Å². The van der Waals surface area contributed by atoms with Crippen LogP contribution < -0.4 is 4.31 Å². The second kappa shape index (κ2) is 6.20. The highest BCUT2D eigenvalue weighted by molar-refractivity contribution is 7.96.